The molecule has 0 aromatic carbocycles. The van der Waals surface area contributed by atoms with Crippen molar-refractivity contribution in [1.29, 1.82) is 0 Å². The van der Waals surface area contributed by atoms with Crippen LogP contribution in [0.15, 0.2) is 36.0 Å². The first-order chi connectivity index (χ1) is 11.6. The number of nitrogens with zero attached hydrogens (tertiary/aromatic N) is 3. The smallest absolute Gasteiger partial charge is 0.250 e. The van der Waals surface area contributed by atoms with Gasteiger partial charge in [-0.2, -0.15) is 0 Å². The number of carbonyl (C=O) groups excluding carboxylic acids is 1. The molecule has 4 rings (SSSR count). The zero-order valence-corrected chi connectivity index (χ0v) is 14.2. The van der Waals surface area contributed by atoms with Gasteiger partial charge in [-0.25, -0.2) is 4.98 Å². The Morgan fingerprint density at radius 3 is 2.79 bits per heavy atom. The lowest BCUT2D eigenvalue weighted by atomic mass is 10.2. The van der Waals surface area contributed by atoms with E-state index in [1.54, 1.807) is 23.7 Å². The molecule has 1 aliphatic rings. The Hall–Kier alpha value is -2.47. The molecule has 1 fully saturated rings. The van der Waals surface area contributed by atoms with Gasteiger partial charge in [-0.3, -0.25) is 9.78 Å². The maximum Gasteiger partial charge on any atom is 0.250 e. The standard InChI is InChI=1S/C18H18N4OS/c1-11-14(17(19)23)8-16(22(11)9-12-2-3-12)15-10-24-18(21-15)13-4-6-20-7-5-13/h4-8,10,12H,2-3,9H2,1H3,(H2,19,23). The van der Waals surface area contributed by atoms with E-state index < -0.39 is 0 Å². The molecular formula is C18H18N4OS. The second kappa shape index (κ2) is 5.87. The second-order valence-electron chi connectivity index (χ2n) is 6.22. The van der Waals surface area contributed by atoms with Crippen LogP contribution >= 0.6 is 11.3 Å². The Morgan fingerprint density at radius 2 is 2.12 bits per heavy atom. The van der Waals surface area contributed by atoms with Crippen molar-refractivity contribution in [3.05, 3.63) is 47.2 Å². The van der Waals surface area contributed by atoms with E-state index in [1.165, 1.54) is 12.8 Å². The molecule has 3 aromatic rings. The molecule has 0 spiro atoms. The zero-order chi connectivity index (χ0) is 16.7. The van der Waals surface area contributed by atoms with Crippen LogP contribution in [0.4, 0.5) is 0 Å². The van der Waals surface area contributed by atoms with Gasteiger partial charge in [0.25, 0.3) is 5.91 Å². The fourth-order valence-corrected chi connectivity index (χ4v) is 3.74. The van der Waals surface area contributed by atoms with Crippen LogP contribution in [0.5, 0.6) is 0 Å². The summed E-state index contributed by atoms with van der Waals surface area (Å²) in [5.41, 5.74) is 9.98. The molecule has 6 heteroatoms. The fraction of sp³-hybridized carbons (Fsp3) is 0.278. The maximum absolute atomic E-state index is 11.7. The summed E-state index contributed by atoms with van der Waals surface area (Å²) >= 11 is 1.60. The second-order valence-corrected chi connectivity index (χ2v) is 7.08. The van der Waals surface area contributed by atoms with Gasteiger partial charge in [0.2, 0.25) is 0 Å². The summed E-state index contributed by atoms with van der Waals surface area (Å²) in [4.78, 5) is 20.5. The van der Waals surface area contributed by atoms with Crippen molar-refractivity contribution < 1.29 is 4.79 Å². The monoisotopic (exact) mass is 338 g/mol. The summed E-state index contributed by atoms with van der Waals surface area (Å²) in [6.45, 7) is 2.89. The molecule has 0 atom stereocenters. The largest absolute Gasteiger partial charge is 0.366 e. The third-order valence-corrected chi connectivity index (χ3v) is 5.35. The fourth-order valence-electron chi connectivity index (χ4n) is 2.92. The molecule has 1 amide bonds. The molecule has 2 N–H and O–H groups in total. The van der Waals surface area contributed by atoms with Crippen LogP contribution in [0.1, 0.15) is 28.9 Å². The Kier molecular flexibility index (Phi) is 3.69. The first kappa shape index (κ1) is 15.1. The summed E-state index contributed by atoms with van der Waals surface area (Å²) < 4.78 is 2.20. The highest BCUT2D eigenvalue weighted by atomic mass is 32.1. The lowest BCUT2D eigenvalue weighted by molar-refractivity contribution is 0.0999. The molecule has 1 aliphatic carbocycles. The summed E-state index contributed by atoms with van der Waals surface area (Å²) in [5.74, 6) is 0.321. The molecule has 0 saturated heterocycles. The number of nitrogens with two attached hydrogens (primary N) is 1. The Morgan fingerprint density at radius 1 is 1.38 bits per heavy atom. The Labute approximate surface area is 144 Å². The van der Waals surface area contributed by atoms with Crippen LogP contribution in [0, 0.1) is 12.8 Å². The highest BCUT2D eigenvalue weighted by Crippen LogP contribution is 2.36. The van der Waals surface area contributed by atoms with Crippen molar-refractivity contribution >= 4 is 17.2 Å². The van der Waals surface area contributed by atoms with Crippen LogP contribution in [-0.4, -0.2) is 20.4 Å². The van der Waals surface area contributed by atoms with Crippen LogP contribution in [0.3, 0.4) is 0 Å². The average Bonchev–Trinajstić information content (AvgIpc) is 3.16. The van der Waals surface area contributed by atoms with E-state index in [0.29, 0.717) is 11.5 Å². The van der Waals surface area contributed by atoms with Crippen molar-refractivity contribution in [2.24, 2.45) is 11.7 Å². The average molecular weight is 338 g/mol. The number of hydrogen-bond acceptors (Lipinski definition) is 4. The van der Waals surface area contributed by atoms with Crippen LogP contribution in [0.2, 0.25) is 0 Å². The highest BCUT2D eigenvalue weighted by molar-refractivity contribution is 7.13. The summed E-state index contributed by atoms with van der Waals surface area (Å²) in [6, 6.07) is 5.78. The van der Waals surface area contributed by atoms with E-state index in [0.717, 1.165) is 34.2 Å². The van der Waals surface area contributed by atoms with Crippen molar-refractivity contribution in [2.75, 3.05) is 0 Å². The van der Waals surface area contributed by atoms with Gasteiger partial charge in [0, 0.05) is 35.6 Å². The molecule has 3 heterocycles. The molecule has 3 aromatic heterocycles. The van der Waals surface area contributed by atoms with Gasteiger partial charge < -0.3 is 10.3 Å². The topological polar surface area (TPSA) is 73.8 Å². The molecule has 0 radical (unpaired) electrons. The molecule has 122 valence electrons. The Balaban J connectivity index is 1.77. The predicted molar refractivity (Wildman–Crippen MR) is 94.7 cm³/mol. The third kappa shape index (κ3) is 2.73. The zero-order valence-electron chi connectivity index (χ0n) is 13.4. The summed E-state index contributed by atoms with van der Waals surface area (Å²) in [5, 5.41) is 2.99. The number of amides is 1. The quantitative estimate of drug-likeness (QED) is 0.774. The third-order valence-electron chi connectivity index (χ3n) is 4.46. The predicted octanol–water partition coefficient (Wildman–Crippen LogP) is 3.49. The van der Waals surface area contributed by atoms with E-state index >= 15 is 0 Å². The summed E-state index contributed by atoms with van der Waals surface area (Å²) in [7, 11) is 0. The van der Waals surface area contributed by atoms with Crippen molar-refractivity contribution in [3.63, 3.8) is 0 Å². The normalized spacial score (nSPS) is 14.0. The highest BCUT2D eigenvalue weighted by Gasteiger charge is 2.26. The Bertz CT molecular complexity index is 893. The molecule has 0 bridgehead atoms. The maximum atomic E-state index is 11.7. The SMILES string of the molecule is Cc1c(C(N)=O)cc(-c2csc(-c3ccncc3)n2)n1CC1CC1. The van der Waals surface area contributed by atoms with Gasteiger partial charge in [0.15, 0.2) is 0 Å². The van der Waals surface area contributed by atoms with E-state index in [-0.39, 0.29) is 5.91 Å². The first-order valence-electron chi connectivity index (χ1n) is 7.99. The number of pyridine rings is 1. The molecule has 0 unspecified atom stereocenters. The molecule has 1 saturated carbocycles. The molecule has 0 aliphatic heterocycles. The molecular weight excluding hydrogens is 320 g/mol. The van der Waals surface area contributed by atoms with Gasteiger partial charge in [-0.1, -0.05) is 0 Å². The minimum absolute atomic E-state index is 0.382. The lowest BCUT2D eigenvalue weighted by Gasteiger charge is -2.09. The number of hydrogen-bond donors (Lipinski definition) is 1. The van der Waals surface area contributed by atoms with Crippen LogP contribution < -0.4 is 5.73 Å². The van der Waals surface area contributed by atoms with Gasteiger partial charge in [0.1, 0.15) is 5.01 Å². The van der Waals surface area contributed by atoms with Crippen LogP contribution in [-0.2, 0) is 6.54 Å². The lowest BCUT2D eigenvalue weighted by Crippen LogP contribution is -2.12. The van der Waals surface area contributed by atoms with Gasteiger partial charge in [-0.15, -0.1) is 11.3 Å². The van der Waals surface area contributed by atoms with Gasteiger partial charge in [-0.05, 0) is 43.9 Å². The molecule has 24 heavy (non-hydrogen) atoms. The van der Waals surface area contributed by atoms with E-state index in [2.05, 4.69) is 9.55 Å². The van der Waals surface area contributed by atoms with Crippen molar-refractivity contribution in [2.45, 2.75) is 26.3 Å². The molecule has 5 nitrogen and oxygen atoms in total. The van der Waals surface area contributed by atoms with Crippen LogP contribution in [0.25, 0.3) is 22.0 Å². The van der Waals surface area contributed by atoms with Crippen molar-refractivity contribution in [1.82, 2.24) is 14.5 Å². The number of aromatic nitrogens is 3. The van der Waals surface area contributed by atoms with E-state index in [4.69, 9.17) is 10.7 Å². The minimum atomic E-state index is -0.382. The van der Waals surface area contributed by atoms with Crippen molar-refractivity contribution in [3.8, 4) is 22.0 Å². The number of rotatable bonds is 5. The van der Waals surface area contributed by atoms with E-state index in [1.807, 2.05) is 30.5 Å². The van der Waals surface area contributed by atoms with Gasteiger partial charge >= 0.3 is 0 Å². The minimum Gasteiger partial charge on any atom is -0.366 e. The summed E-state index contributed by atoms with van der Waals surface area (Å²) in [6.07, 6.45) is 6.04. The number of carbonyl (C=O) groups is 1. The number of primary amides is 1. The first-order valence-corrected chi connectivity index (χ1v) is 8.87. The number of thiazole rings is 1. The van der Waals surface area contributed by atoms with Gasteiger partial charge in [0.05, 0.1) is 17.0 Å². The van der Waals surface area contributed by atoms with E-state index in [9.17, 15) is 4.79 Å².